The molecule has 94 valence electrons. The van der Waals surface area contributed by atoms with Crippen LogP contribution in [-0.4, -0.2) is 4.98 Å². The molecule has 0 amide bonds. The molecule has 0 radical (unpaired) electrons. The van der Waals surface area contributed by atoms with Crippen LogP contribution in [-0.2, 0) is 0 Å². The first kappa shape index (κ1) is 12.2. The molecule has 1 heterocycles. The van der Waals surface area contributed by atoms with Gasteiger partial charge in [0.2, 0.25) is 0 Å². The van der Waals surface area contributed by atoms with Gasteiger partial charge in [0.15, 0.2) is 23.3 Å². The molecule has 0 aliphatic heterocycles. The van der Waals surface area contributed by atoms with Gasteiger partial charge in [0.25, 0.3) is 0 Å². The Balaban J connectivity index is 2.40. The van der Waals surface area contributed by atoms with Crippen LogP contribution in [0.4, 0.5) is 30.5 Å². The Morgan fingerprint density at radius 1 is 1.17 bits per heavy atom. The Kier molecular flexibility index (Phi) is 3.10. The smallest absolute Gasteiger partial charge is 0.169 e. The van der Waals surface area contributed by atoms with E-state index in [0.717, 1.165) is 0 Å². The van der Waals surface area contributed by atoms with E-state index in [0.29, 0.717) is 11.6 Å². The molecule has 3 N–H and O–H groups in total. The maximum atomic E-state index is 13.7. The summed E-state index contributed by atoms with van der Waals surface area (Å²) in [6.07, 6.45) is 0. The number of aromatic nitrogens is 1. The summed E-state index contributed by atoms with van der Waals surface area (Å²) in [5.74, 6) is -3.20. The number of hydrogen-bond donors (Lipinski definition) is 2. The highest BCUT2D eigenvalue weighted by atomic mass is 19.1. The minimum atomic E-state index is -0.956. The molecule has 3 nitrogen and oxygen atoms in total. The number of hydrogen-bond acceptors (Lipinski definition) is 3. The maximum Gasteiger partial charge on any atom is 0.169 e. The summed E-state index contributed by atoms with van der Waals surface area (Å²) in [7, 11) is 0. The fourth-order valence-electron chi connectivity index (χ4n) is 1.44. The number of nitrogens with one attached hydrogen (secondary N) is 1. The molecule has 1 aromatic heterocycles. The van der Waals surface area contributed by atoms with Gasteiger partial charge >= 0.3 is 0 Å². The monoisotopic (exact) mass is 253 g/mol. The van der Waals surface area contributed by atoms with Crippen LogP contribution >= 0.6 is 0 Å². The minimum absolute atomic E-state index is 0.0485. The van der Waals surface area contributed by atoms with E-state index in [4.69, 9.17) is 5.73 Å². The van der Waals surface area contributed by atoms with Crippen molar-refractivity contribution in [2.45, 2.75) is 6.92 Å². The van der Waals surface area contributed by atoms with Crippen molar-refractivity contribution in [1.82, 2.24) is 4.98 Å². The molecule has 0 spiro atoms. The van der Waals surface area contributed by atoms with E-state index < -0.39 is 23.3 Å². The number of nitrogen functional groups attached to an aromatic ring is 1. The second kappa shape index (κ2) is 4.56. The zero-order valence-corrected chi connectivity index (χ0v) is 9.47. The second-order valence-corrected chi connectivity index (χ2v) is 3.75. The van der Waals surface area contributed by atoms with E-state index in [1.54, 1.807) is 19.1 Å². The first-order chi connectivity index (χ1) is 8.49. The molecule has 0 saturated heterocycles. The zero-order valence-electron chi connectivity index (χ0n) is 9.47. The zero-order chi connectivity index (χ0) is 13.3. The van der Waals surface area contributed by atoms with Gasteiger partial charge < -0.3 is 11.1 Å². The normalized spacial score (nSPS) is 10.4. The predicted molar refractivity (Wildman–Crippen MR) is 63.0 cm³/mol. The van der Waals surface area contributed by atoms with Crippen LogP contribution in [0.1, 0.15) is 5.56 Å². The number of aryl methyl sites for hydroxylation is 1. The molecule has 0 saturated carbocycles. The summed E-state index contributed by atoms with van der Waals surface area (Å²) >= 11 is 0. The Morgan fingerprint density at radius 3 is 2.61 bits per heavy atom. The lowest BCUT2D eigenvalue weighted by atomic mass is 10.2. The van der Waals surface area contributed by atoms with Gasteiger partial charge in [0, 0.05) is 6.07 Å². The summed E-state index contributed by atoms with van der Waals surface area (Å²) in [6, 6.07) is 5.19. The van der Waals surface area contributed by atoms with Crippen LogP contribution in [0.3, 0.4) is 0 Å². The van der Waals surface area contributed by atoms with Crippen LogP contribution in [0.15, 0.2) is 24.3 Å². The van der Waals surface area contributed by atoms with Gasteiger partial charge in [-0.15, -0.1) is 0 Å². The fourth-order valence-corrected chi connectivity index (χ4v) is 1.44. The number of nitrogens with two attached hydrogens (primary N) is 1. The third kappa shape index (κ3) is 2.22. The van der Waals surface area contributed by atoms with Crippen LogP contribution in [0, 0.1) is 24.4 Å². The van der Waals surface area contributed by atoms with Crippen molar-refractivity contribution < 1.29 is 13.2 Å². The number of pyridine rings is 1. The quantitative estimate of drug-likeness (QED) is 0.864. The molecule has 0 unspecified atom stereocenters. The van der Waals surface area contributed by atoms with Gasteiger partial charge in [0.1, 0.15) is 5.82 Å². The van der Waals surface area contributed by atoms with Crippen molar-refractivity contribution in [1.29, 1.82) is 0 Å². The maximum absolute atomic E-state index is 13.7. The Hall–Kier alpha value is -2.24. The molecule has 2 rings (SSSR count). The van der Waals surface area contributed by atoms with Gasteiger partial charge in [-0.3, -0.25) is 0 Å². The van der Waals surface area contributed by atoms with Crippen LogP contribution in [0.25, 0.3) is 0 Å². The molecule has 2 aromatic rings. The average molecular weight is 253 g/mol. The summed E-state index contributed by atoms with van der Waals surface area (Å²) in [5, 5.41) is 2.44. The fraction of sp³-hybridized carbons (Fsp3) is 0.0833. The van der Waals surface area contributed by atoms with Crippen LogP contribution in [0.2, 0.25) is 0 Å². The lowest BCUT2D eigenvalue weighted by Gasteiger charge is -2.09. The van der Waals surface area contributed by atoms with Gasteiger partial charge in [0.05, 0.1) is 5.69 Å². The predicted octanol–water partition coefficient (Wildman–Crippen LogP) is 3.13. The lowest BCUT2D eigenvalue weighted by Crippen LogP contribution is -2.04. The molecule has 0 fully saturated rings. The van der Waals surface area contributed by atoms with E-state index in [2.05, 4.69) is 10.3 Å². The molecule has 18 heavy (non-hydrogen) atoms. The Bertz CT molecular complexity index is 599. The number of nitrogens with zero attached hydrogens (tertiary/aromatic N) is 1. The van der Waals surface area contributed by atoms with Crippen molar-refractivity contribution in [2.24, 2.45) is 0 Å². The van der Waals surface area contributed by atoms with Gasteiger partial charge in [-0.1, -0.05) is 12.1 Å². The van der Waals surface area contributed by atoms with E-state index in [1.165, 1.54) is 6.07 Å². The number of rotatable bonds is 2. The molecule has 0 aliphatic carbocycles. The lowest BCUT2D eigenvalue weighted by molar-refractivity contribution is 0.580. The number of anilines is 3. The summed E-state index contributed by atoms with van der Waals surface area (Å²) in [5.41, 5.74) is 5.67. The van der Waals surface area contributed by atoms with E-state index in [1.807, 2.05) is 0 Å². The van der Waals surface area contributed by atoms with Crippen molar-refractivity contribution in [2.75, 3.05) is 11.1 Å². The second-order valence-electron chi connectivity index (χ2n) is 3.75. The molecular weight excluding hydrogens is 243 g/mol. The first-order valence-corrected chi connectivity index (χ1v) is 5.12. The standard InChI is InChI=1S/C12H10F3N3/c1-6-3-2-4-9(10(6)15)17-12-8(14)5-7(13)11(16)18-12/h2-5H,1H3,(H3,16,17,18). The molecule has 0 atom stereocenters. The summed E-state index contributed by atoms with van der Waals surface area (Å²) in [6.45, 7) is 1.57. The molecule has 6 heteroatoms. The number of benzene rings is 1. The SMILES string of the molecule is Cc1cccc(Nc2nc(N)c(F)cc2F)c1F. The topological polar surface area (TPSA) is 50.9 Å². The van der Waals surface area contributed by atoms with Crippen molar-refractivity contribution in [3.63, 3.8) is 0 Å². The van der Waals surface area contributed by atoms with Crippen molar-refractivity contribution in [3.8, 4) is 0 Å². The van der Waals surface area contributed by atoms with E-state index >= 15 is 0 Å². The molecular formula is C12H10F3N3. The largest absolute Gasteiger partial charge is 0.381 e. The van der Waals surface area contributed by atoms with Crippen molar-refractivity contribution >= 4 is 17.3 Å². The average Bonchev–Trinajstić information content (AvgIpc) is 2.32. The Morgan fingerprint density at radius 2 is 1.89 bits per heavy atom. The summed E-state index contributed by atoms with van der Waals surface area (Å²) < 4.78 is 40.0. The molecule has 0 aliphatic rings. The number of halogens is 3. The van der Waals surface area contributed by atoms with Gasteiger partial charge in [-0.25, -0.2) is 18.2 Å². The third-order valence-electron chi connectivity index (χ3n) is 2.40. The molecule has 0 bridgehead atoms. The van der Waals surface area contributed by atoms with Gasteiger partial charge in [-0.2, -0.15) is 0 Å². The molecule has 1 aromatic carbocycles. The Labute approximate surface area is 101 Å². The van der Waals surface area contributed by atoms with E-state index in [-0.39, 0.29) is 11.5 Å². The van der Waals surface area contributed by atoms with Crippen LogP contribution in [0.5, 0.6) is 0 Å². The van der Waals surface area contributed by atoms with Crippen LogP contribution < -0.4 is 11.1 Å². The highest BCUT2D eigenvalue weighted by Gasteiger charge is 2.12. The first-order valence-electron chi connectivity index (χ1n) is 5.12. The minimum Gasteiger partial charge on any atom is -0.381 e. The highest BCUT2D eigenvalue weighted by Crippen LogP contribution is 2.24. The third-order valence-corrected chi connectivity index (χ3v) is 2.40. The highest BCUT2D eigenvalue weighted by molar-refractivity contribution is 5.60. The summed E-state index contributed by atoms with van der Waals surface area (Å²) in [4.78, 5) is 3.49. The van der Waals surface area contributed by atoms with Crippen molar-refractivity contribution in [3.05, 3.63) is 47.3 Å². The van der Waals surface area contributed by atoms with Gasteiger partial charge in [-0.05, 0) is 18.6 Å². The van der Waals surface area contributed by atoms with E-state index in [9.17, 15) is 13.2 Å².